The van der Waals surface area contributed by atoms with Gasteiger partial charge in [-0.25, -0.2) is 9.78 Å². The zero-order valence-corrected chi connectivity index (χ0v) is 36.9. The third-order valence-corrected chi connectivity index (χ3v) is 17.0. The summed E-state index contributed by atoms with van der Waals surface area (Å²) in [5, 5.41) is 28.9. The van der Waals surface area contributed by atoms with Gasteiger partial charge in [0.25, 0.3) is 0 Å². The van der Waals surface area contributed by atoms with Crippen molar-refractivity contribution >= 4 is 64.8 Å². The van der Waals surface area contributed by atoms with Crippen molar-refractivity contribution in [3.63, 3.8) is 0 Å². The highest BCUT2D eigenvalue weighted by Crippen LogP contribution is 2.42. The van der Waals surface area contributed by atoms with Gasteiger partial charge in [0.05, 0.1) is 35.0 Å². The van der Waals surface area contributed by atoms with Gasteiger partial charge in [-0.2, -0.15) is 0 Å². The van der Waals surface area contributed by atoms with Crippen LogP contribution in [0.5, 0.6) is 11.5 Å². The SMILES string of the molecule is COc1cc(NC(=O)CCN2CCC(N(C(=O)O)c3scnc3-c3ccccc3)CC2)c(Cl)cc1CNC[C@H](O[Si](C)(C)C(C)(C)C)c1ccc(O)c2[nH]c(=O)ccc12. The lowest BCUT2D eigenvalue weighted by atomic mass is 10.0. The largest absolute Gasteiger partial charge is 0.506 e. The Labute approximate surface area is 354 Å². The number of phenolic OH excluding ortho intramolecular Hbond substituents is 1. The van der Waals surface area contributed by atoms with Gasteiger partial charge in [0.15, 0.2) is 8.32 Å². The average molecular weight is 862 g/mol. The predicted molar refractivity (Wildman–Crippen MR) is 238 cm³/mol. The second kappa shape index (κ2) is 18.7. The Kier molecular flexibility index (Phi) is 13.8. The molecule has 314 valence electrons. The fraction of sp³-hybridized carbons (Fsp3) is 0.395. The number of methoxy groups -OCH3 is 1. The number of aromatic hydroxyl groups is 1. The zero-order chi connectivity index (χ0) is 42.5. The summed E-state index contributed by atoms with van der Waals surface area (Å²) in [5.74, 6) is 0.342. The minimum atomic E-state index is -2.28. The molecule has 3 aromatic carbocycles. The number of fused-ring (bicyclic) bond motifs is 1. The lowest BCUT2D eigenvalue weighted by Crippen LogP contribution is -2.47. The van der Waals surface area contributed by atoms with E-state index < -0.39 is 20.5 Å². The van der Waals surface area contributed by atoms with Gasteiger partial charge in [0, 0.05) is 73.8 Å². The number of hydrogen-bond acceptors (Lipinski definition) is 10. The Hall–Kier alpha value is -4.77. The number of nitrogens with one attached hydrogen (secondary N) is 3. The lowest BCUT2D eigenvalue weighted by molar-refractivity contribution is -0.116. The van der Waals surface area contributed by atoms with Crippen LogP contribution in [0, 0.1) is 0 Å². The number of benzene rings is 3. The molecule has 1 aliphatic heterocycles. The molecule has 2 amide bonds. The van der Waals surface area contributed by atoms with Gasteiger partial charge in [-0.1, -0.05) is 68.8 Å². The van der Waals surface area contributed by atoms with Crippen LogP contribution in [-0.2, 0) is 15.8 Å². The highest BCUT2D eigenvalue weighted by Gasteiger charge is 2.40. The van der Waals surface area contributed by atoms with E-state index in [1.54, 1.807) is 36.9 Å². The maximum Gasteiger partial charge on any atom is 0.412 e. The van der Waals surface area contributed by atoms with Gasteiger partial charge in [0.1, 0.15) is 22.2 Å². The van der Waals surface area contributed by atoms with Gasteiger partial charge in [-0.15, -0.1) is 11.3 Å². The molecule has 16 heteroatoms. The highest BCUT2D eigenvalue weighted by molar-refractivity contribution is 7.14. The van der Waals surface area contributed by atoms with Crippen molar-refractivity contribution in [1.29, 1.82) is 0 Å². The van der Waals surface area contributed by atoms with Crippen molar-refractivity contribution in [2.75, 3.05) is 43.5 Å². The minimum Gasteiger partial charge on any atom is -0.506 e. The van der Waals surface area contributed by atoms with Gasteiger partial charge in [0.2, 0.25) is 11.5 Å². The molecule has 1 atom stereocenters. The first-order chi connectivity index (χ1) is 28.1. The van der Waals surface area contributed by atoms with E-state index in [1.165, 1.54) is 22.3 Å². The van der Waals surface area contributed by atoms with Gasteiger partial charge in [-0.05, 0) is 54.7 Å². The van der Waals surface area contributed by atoms with Crippen molar-refractivity contribution < 1.29 is 29.0 Å². The number of hydrogen-bond donors (Lipinski definition) is 5. The molecule has 6 rings (SSSR count). The number of H-pyrrole nitrogens is 1. The molecule has 1 saturated heterocycles. The fourth-order valence-corrected chi connectivity index (χ4v) is 9.52. The number of likely N-dealkylation sites (tertiary alicyclic amines) is 1. The molecular weight excluding hydrogens is 808 g/mol. The molecule has 5 aromatic rings. The smallest absolute Gasteiger partial charge is 0.412 e. The third-order valence-electron chi connectivity index (χ3n) is 11.4. The summed E-state index contributed by atoms with van der Waals surface area (Å²) in [7, 11) is -0.717. The maximum atomic E-state index is 13.2. The molecule has 2 aromatic heterocycles. The number of phenols is 1. The molecule has 0 aliphatic carbocycles. The van der Waals surface area contributed by atoms with Crippen LogP contribution in [0.25, 0.3) is 22.2 Å². The highest BCUT2D eigenvalue weighted by atomic mass is 35.5. The number of piperidine rings is 1. The van der Waals surface area contributed by atoms with Crippen LogP contribution in [0.4, 0.5) is 15.5 Å². The number of rotatable bonds is 15. The summed E-state index contributed by atoms with van der Waals surface area (Å²) in [6, 6.07) is 19.5. The van der Waals surface area contributed by atoms with E-state index in [2.05, 4.69) is 59.4 Å². The van der Waals surface area contributed by atoms with E-state index in [0.717, 1.165) is 16.7 Å². The average Bonchev–Trinajstić information content (AvgIpc) is 3.67. The molecule has 3 heterocycles. The van der Waals surface area contributed by atoms with Crippen molar-refractivity contribution in [2.45, 2.75) is 76.9 Å². The molecule has 0 spiro atoms. The number of carbonyl (C=O) groups is 2. The molecule has 13 nitrogen and oxygen atoms in total. The standard InChI is InChI=1S/C43H53ClN6O7SSi/c1-43(2,3)59(5,6)57-36(30-12-14-34(51)40-31(30)13-15-37(52)48-40)25-45-24-28-22-32(44)33(23-35(28)56-4)47-38(53)18-21-49-19-16-29(17-20-49)50(42(54)55)41-39(46-26-58-41)27-10-8-7-9-11-27/h7-15,22-23,26,29,36,45,51H,16-21,24-25H2,1-6H3,(H,47,53)(H,48,52)(H,54,55)/t36-/m0/s1. The number of anilines is 2. The van der Waals surface area contributed by atoms with Crippen LogP contribution in [0.3, 0.4) is 0 Å². The number of amides is 2. The van der Waals surface area contributed by atoms with Crippen molar-refractivity contribution in [1.82, 2.24) is 20.2 Å². The summed E-state index contributed by atoms with van der Waals surface area (Å²) >= 11 is 8.07. The second-order valence-electron chi connectivity index (χ2n) is 16.3. The molecule has 1 aliphatic rings. The van der Waals surface area contributed by atoms with E-state index in [4.69, 9.17) is 20.8 Å². The normalized spacial score (nSPS) is 14.6. The second-order valence-corrected chi connectivity index (χ2v) is 22.3. The number of pyridine rings is 1. The summed E-state index contributed by atoms with van der Waals surface area (Å²) in [6.45, 7) is 13.5. The molecule has 5 N–H and O–H groups in total. The number of nitrogens with zero attached hydrogens (tertiary/aromatic N) is 3. The topological polar surface area (TPSA) is 169 Å². The summed E-state index contributed by atoms with van der Waals surface area (Å²) in [5.41, 5.74) is 5.35. The van der Waals surface area contributed by atoms with E-state index in [0.29, 0.717) is 83.6 Å². The number of aromatic amines is 1. The van der Waals surface area contributed by atoms with Crippen LogP contribution in [-0.4, -0.2) is 84.7 Å². The molecule has 0 bridgehead atoms. The Bertz CT molecular complexity index is 2330. The lowest BCUT2D eigenvalue weighted by Gasteiger charge is -2.39. The summed E-state index contributed by atoms with van der Waals surface area (Å²) in [6.07, 6.45) is 0.0955. The first-order valence-corrected chi connectivity index (χ1v) is 23.9. The Balaban J connectivity index is 1.06. The number of carboxylic acid groups (broad SMARTS) is 1. The molecule has 1 fully saturated rings. The number of aromatic nitrogens is 2. The first kappa shape index (κ1) is 43.8. The zero-order valence-electron chi connectivity index (χ0n) is 34.3. The van der Waals surface area contributed by atoms with Crippen LogP contribution in [0.15, 0.2) is 77.0 Å². The van der Waals surface area contributed by atoms with Crippen LogP contribution >= 0.6 is 22.9 Å². The molecular formula is C43H53ClN6O7SSi. The Morgan fingerprint density at radius 3 is 2.51 bits per heavy atom. The summed E-state index contributed by atoms with van der Waals surface area (Å²) in [4.78, 5) is 48.7. The Morgan fingerprint density at radius 1 is 1.10 bits per heavy atom. The quantitative estimate of drug-likeness (QED) is 0.0642. The van der Waals surface area contributed by atoms with Crippen molar-refractivity contribution in [3.8, 4) is 22.8 Å². The van der Waals surface area contributed by atoms with E-state index >= 15 is 0 Å². The molecule has 59 heavy (non-hydrogen) atoms. The van der Waals surface area contributed by atoms with Crippen molar-refractivity contribution in [3.05, 3.63) is 98.7 Å². The molecule has 0 radical (unpaired) electrons. The predicted octanol–water partition coefficient (Wildman–Crippen LogP) is 8.85. The number of halogens is 1. The fourth-order valence-electron chi connectivity index (χ4n) is 7.13. The van der Waals surface area contributed by atoms with Crippen LogP contribution < -0.4 is 25.8 Å². The van der Waals surface area contributed by atoms with E-state index in [-0.39, 0.29) is 34.7 Å². The van der Waals surface area contributed by atoms with Crippen LogP contribution in [0.1, 0.15) is 57.3 Å². The monoisotopic (exact) mass is 860 g/mol. The number of ether oxygens (including phenoxy) is 1. The Morgan fingerprint density at radius 2 is 1.83 bits per heavy atom. The number of thiazole rings is 1. The third kappa shape index (κ3) is 10.3. The van der Waals surface area contributed by atoms with E-state index in [1.807, 2.05) is 36.4 Å². The maximum absolute atomic E-state index is 13.2. The van der Waals surface area contributed by atoms with Crippen LogP contribution in [0.2, 0.25) is 23.2 Å². The first-order valence-electron chi connectivity index (χ1n) is 19.7. The molecule has 0 unspecified atom stereocenters. The number of carbonyl (C=O) groups excluding carboxylic acids is 1. The van der Waals surface area contributed by atoms with Gasteiger partial charge in [-0.3, -0.25) is 14.5 Å². The van der Waals surface area contributed by atoms with Crippen molar-refractivity contribution in [2.24, 2.45) is 0 Å². The van der Waals surface area contributed by atoms with Gasteiger partial charge >= 0.3 is 6.09 Å². The van der Waals surface area contributed by atoms with Gasteiger partial charge < -0.3 is 39.9 Å². The van der Waals surface area contributed by atoms with E-state index in [9.17, 15) is 24.6 Å². The summed E-state index contributed by atoms with van der Waals surface area (Å²) < 4.78 is 12.7. The minimum absolute atomic E-state index is 0.0118. The molecule has 0 saturated carbocycles.